The highest BCUT2D eigenvalue weighted by Crippen LogP contribution is 2.67. The molecule has 2 aromatic carbocycles. The number of aromatic nitrogens is 1. The molecule has 3 aromatic rings. The van der Waals surface area contributed by atoms with Crippen LogP contribution in [0.5, 0.6) is 5.75 Å². The van der Waals surface area contributed by atoms with Crippen molar-refractivity contribution in [2.45, 2.75) is 92.6 Å². The first-order valence-corrected chi connectivity index (χ1v) is 20.0. The summed E-state index contributed by atoms with van der Waals surface area (Å²) in [6, 6.07) is 11.0. The minimum atomic E-state index is -2.30. The molecule has 10 atom stereocenters. The molecular weight excluding hydrogens is 699 g/mol. The number of primary amides is 1. The van der Waals surface area contributed by atoms with E-state index in [2.05, 4.69) is 26.9 Å². The zero-order valence-electron chi connectivity index (χ0n) is 32.6. The van der Waals surface area contributed by atoms with Gasteiger partial charge < -0.3 is 40.4 Å². The fourth-order valence-corrected chi connectivity index (χ4v) is 13.1. The molecule has 12 nitrogen and oxygen atoms in total. The smallest absolute Gasteiger partial charge is 0.322 e. The number of fused-ring (bicyclic) bond motifs is 6. The van der Waals surface area contributed by atoms with Gasteiger partial charge in [-0.1, -0.05) is 44.2 Å². The molecule has 294 valence electrons. The van der Waals surface area contributed by atoms with Gasteiger partial charge in [0.1, 0.15) is 17.3 Å². The third-order valence-electron chi connectivity index (χ3n) is 15.2. The van der Waals surface area contributed by atoms with Crippen LogP contribution in [-0.4, -0.2) is 125 Å². The summed E-state index contributed by atoms with van der Waals surface area (Å²) in [5.74, 6) is -1.00. The monoisotopic (exact) mass is 753 g/mol. The Bertz CT molecular complexity index is 2120. The first-order valence-electron chi connectivity index (χ1n) is 20.0. The zero-order chi connectivity index (χ0) is 38.9. The molecule has 9 rings (SSSR count). The van der Waals surface area contributed by atoms with Gasteiger partial charge >= 0.3 is 5.97 Å². The number of amides is 1. The molecule has 2 saturated heterocycles. The number of nitrogens with one attached hydrogen (secondary N) is 1. The van der Waals surface area contributed by atoms with Gasteiger partial charge in [0.15, 0.2) is 5.60 Å². The molecule has 6 aliphatic rings. The van der Waals surface area contributed by atoms with E-state index < -0.39 is 51.5 Å². The number of anilines is 1. The molecule has 0 radical (unpaired) electrons. The van der Waals surface area contributed by atoms with E-state index in [0.717, 1.165) is 46.5 Å². The Balaban J connectivity index is 1.36. The van der Waals surface area contributed by atoms with Crippen LogP contribution in [0.4, 0.5) is 5.69 Å². The predicted octanol–water partition coefficient (Wildman–Crippen LogP) is 2.73. The minimum absolute atomic E-state index is 0.0790. The third kappa shape index (κ3) is 4.51. The van der Waals surface area contributed by atoms with Crippen molar-refractivity contribution in [2.24, 2.45) is 17.1 Å². The number of esters is 1. The number of piperidine rings is 1. The standard InChI is InChI=1S/C43H55N5O7/c1-6-39(52)21-25-22-42(38(51)55-5,33-27(13-17-47(23-25)24-39)26-11-8-9-12-30(26)45-33)29-19-28-31(20-32(29)54-4)46(3)35-41(28)15-18-48-16-10-14-40(7-2,34(41)48)36(49)43(35,53)37(44)50/h8-12,14,19-20,25,34-36,45,49,52-53H,6-7,13,15-18,21-24H2,1-5H3,(H2,44,50)/t25-,34?,35?,36-,39+,40-,41-,42+,43+/m1/s1. The van der Waals surface area contributed by atoms with Gasteiger partial charge in [-0.15, -0.1) is 0 Å². The van der Waals surface area contributed by atoms with Gasteiger partial charge in [-0.05, 0) is 74.2 Å². The van der Waals surface area contributed by atoms with Gasteiger partial charge in [-0.3, -0.25) is 19.4 Å². The number of carbonyl (C=O) groups excluding carboxylic acids is 2. The van der Waals surface area contributed by atoms with Crippen molar-refractivity contribution in [3.05, 3.63) is 70.9 Å². The highest BCUT2D eigenvalue weighted by atomic mass is 16.5. The van der Waals surface area contributed by atoms with Crippen molar-refractivity contribution >= 4 is 28.5 Å². The summed E-state index contributed by atoms with van der Waals surface area (Å²) in [5, 5.41) is 38.0. The van der Waals surface area contributed by atoms with E-state index in [0.29, 0.717) is 69.5 Å². The van der Waals surface area contributed by atoms with Gasteiger partial charge in [-0.2, -0.15) is 0 Å². The number of methoxy groups -OCH3 is 2. The molecule has 6 heterocycles. The lowest BCUT2D eigenvalue weighted by atomic mass is 9.47. The molecule has 6 N–H and O–H groups in total. The maximum atomic E-state index is 15.2. The highest BCUT2D eigenvalue weighted by Gasteiger charge is 2.78. The number of hydrogen-bond acceptors (Lipinski definition) is 10. The highest BCUT2D eigenvalue weighted by molar-refractivity contribution is 5.95. The Morgan fingerprint density at radius 2 is 1.82 bits per heavy atom. The van der Waals surface area contributed by atoms with Crippen molar-refractivity contribution in [1.82, 2.24) is 14.8 Å². The third-order valence-corrected chi connectivity index (χ3v) is 15.2. The average Bonchev–Trinajstić information content (AvgIpc) is 3.84. The molecule has 1 aromatic heterocycles. The Labute approximate surface area is 322 Å². The molecule has 55 heavy (non-hydrogen) atoms. The first-order chi connectivity index (χ1) is 26.3. The fourth-order valence-electron chi connectivity index (χ4n) is 13.1. The van der Waals surface area contributed by atoms with E-state index in [1.807, 2.05) is 62.2 Å². The van der Waals surface area contributed by atoms with Crippen LogP contribution in [-0.2, 0) is 31.6 Å². The van der Waals surface area contributed by atoms with Crippen molar-refractivity contribution in [3.63, 3.8) is 0 Å². The fraction of sp³-hybridized carbons (Fsp3) is 0.581. The SMILES string of the molecule is CC[C@]1(O)C[C@H]2CN(CCc3c([nH]c4ccccc34)[C@@](C(=O)OC)(c3cc4c(cc3OC)N(C)C3[C@]45CCN4CC=C[C@](CC)(C45)[C@@H](O)[C@]3(O)C(N)=O)C2)C1. The molecule has 1 aliphatic carbocycles. The van der Waals surface area contributed by atoms with Crippen LogP contribution in [0.25, 0.3) is 10.9 Å². The number of hydrogen-bond donors (Lipinski definition) is 5. The van der Waals surface area contributed by atoms with Crippen LogP contribution in [0.2, 0.25) is 0 Å². The van der Waals surface area contributed by atoms with Gasteiger partial charge in [0, 0.05) is 84.0 Å². The Morgan fingerprint density at radius 1 is 1.04 bits per heavy atom. The number of H-pyrrole nitrogens is 1. The molecule has 2 bridgehead atoms. The van der Waals surface area contributed by atoms with Gasteiger partial charge in [-0.25, -0.2) is 0 Å². The maximum absolute atomic E-state index is 15.2. The van der Waals surface area contributed by atoms with Crippen LogP contribution in [0, 0.1) is 11.3 Å². The van der Waals surface area contributed by atoms with Crippen LogP contribution in [0.15, 0.2) is 48.6 Å². The summed E-state index contributed by atoms with van der Waals surface area (Å²) in [6.45, 7) is 7.39. The lowest BCUT2D eigenvalue weighted by Crippen LogP contribution is -2.81. The van der Waals surface area contributed by atoms with E-state index in [9.17, 15) is 20.1 Å². The number of carbonyl (C=O) groups is 2. The second-order valence-electron chi connectivity index (χ2n) is 17.5. The van der Waals surface area contributed by atoms with Gasteiger partial charge in [0.25, 0.3) is 5.91 Å². The van der Waals surface area contributed by atoms with Gasteiger partial charge in [0.05, 0.1) is 25.9 Å². The maximum Gasteiger partial charge on any atom is 0.322 e. The Morgan fingerprint density at radius 3 is 2.53 bits per heavy atom. The zero-order valence-corrected chi connectivity index (χ0v) is 32.6. The molecular formula is C43H55N5O7. The lowest BCUT2D eigenvalue weighted by Gasteiger charge is -2.63. The van der Waals surface area contributed by atoms with Gasteiger partial charge in [0.2, 0.25) is 0 Å². The van der Waals surface area contributed by atoms with Crippen molar-refractivity contribution in [1.29, 1.82) is 0 Å². The van der Waals surface area contributed by atoms with Crippen molar-refractivity contribution in [2.75, 3.05) is 58.9 Å². The van der Waals surface area contributed by atoms with E-state index in [1.54, 1.807) is 7.11 Å². The number of ether oxygens (including phenoxy) is 2. The minimum Gasteiger partial charge on any atom is -0.496 e. The lowest BCUT2D eigenvalue weighted by molar-refractivity contribution is -0.201. The molecule has 1 saturated carbocycles. The summed E-state index contributed by atoms with van der Waals surface area (Å²) in [7, 11) is 4.89. The second-order valence-corrected chi connectivity index (χ2v) is 17.5. The number of likely N-dealkylation sites (N-methyl/N-ethyl adjacent to an activating group) is 1. The molecule has 3 fully saturated rings. The van der Waals surface area contributed by atoms with E-state index in [-0.39, 0.29) is 12.0 Å². The second kappa shape index (κ2) is 12.3. The number of aliphatic hydroxyl groups is 3. The van der Waals surface area contributed by atoms with Crippen LogP contribution in [0.3, 0.4) is 0 Å². The van der Waals surface area contributed by atoms with E-state index >= 15 is 4.79 Å². The quantitative estimate of drug-likeness (QED) is 0.187. The summed E-state index contributed by atoms with van der Waals surface area (Å²) < 4.78 is 12.2. The number of nitrogens with two attached hydrogens (primary N) is 1. The number of nitrogens with zero attached hydrogens (tertiary/aromatic N) is 3. The summed E-state index contributed by atoms with van der Waals surface area (Å²) in [5.41, 5.74) is 4.72. The van der Waals surface area contributed by atoms with Crippen molar-refractivity contribution < 1.29 is 34.4 Å². The summed E-state index contributed by atoms with van der Waals surface area (Å²) in [6.07, 6.45) is 5.78. The average molecular weight is 754 g/mol. The van der Waals surface area contributed by atoms with Crippen LogP contribution >= 0.6 is 0 Å². The van der Waals surface area contributed by atoms with E-state index in [4.69, 9.17) is 15.2 Å². The van der Waals surface area contributed by atoms with E-state index in [1.165, 1.54) is 7.11 Å². The van der Waals surface area contributed by atoms with Crippen LogP contribution < -0.4 is 15.4 Å². The molecule has 12 heteroatoms. The number of benzene rings is 2. The van der Waals surface area contributed by atoms with Crippen LogP contribution in [0.1, 0.15) is 68.3 Å². The summed E-state index contributed by atoms with van der Waals surface area (Å²) in [4.78, 5) is 39.3. The molecule has 1 spiro atoms. The number of aromatic amines is 1. The largest absolute Gasteiger partial charge is 0.496 e. The summed E-state index contributed by atoms with van der Waals surface area (Å²) >= 11 is 0. The topological polar surface area (TPSA) is 165 Å². The molecule has 1 amide bonds. The number of aliphatic hydroxyl groups excluding tert-OH is 1. The number of para-hydroxylation sites is 1. The van der Waals surface area contributed by atoms with Crippen molar-refractivity contribution in [3.8, 4) is 5.75 Å². The Kier molecular flexibility index (Phi) is 8.19. The number of rotatable bonds is 6. The first kappa shape index (κ1) is 36.7. The molecule has 5 aliphatic heterocycles. The molecule has 3 unspecified atom stereocenters. The predicted molar refractivity (Wildman–Crippen MR) is 208 cm³/mol. The Hall–Kier alpha value is -3.94. The normalized spacial score (nSPS) is 39.0.